The number of nitrogens with one attached hydrogen (secondary N) is 2. The van der Waals surface area contributed by atoms with Crippen LogP contribution in [0.1, 0.15) is 11.3 Å². The topological polar surface area (TPSA) is 136 Å². The van der Waals surface area contributed by atoms with Crippen LogP contribution in [0.4, 0.5) is 5.95 Å². The summed E-state index contributed by atoms with van der Waals surface area (Å²) in [4.78, 5) is 15.8. The van der Waals surface area contributed by atoms with Crippen molar-refractivity contribution in [2.45, 2.75) is 11.7 Å². The lowest BCUT2D eigenvalue weighted by atomic mass is 10.3. The van der Waals surface area contributed by atoms with E-state index in [0.717, 1.165) is 17.3 Å². The van der Waals surface area contributed by atoms with Gasteiger partial charge in [-0.15, -0.1) is 10.2 Å². The van der Waals surface area contributed by atoms with Crippen molar-refractivity contribution in [3.8, 4) is 0 Å². The van der Waals surface area contributed by atoms with Crippen LogP contribution in [0.15, 0.2) is 57.6 Å². The Morgan fingerprint density at radius 3 is 3.08 bits per heavy atom. The first-order valence-electron chi connectivity index (χ1n) is 7.54. The lowest BCUT2D eigenvalue weighted by Gasteiger charge is -2.04. The van der Waals surface area contributed by atoms with Crippen LogP contribution < -0.4 is 16.6 Å². The Balaban J connectivity index is 1.47. The van der Waals surface area contributed by atoms with Crippen molar-refractivity contribution in [2.24, 2.45) is 5.10 Å². The molecule has 0 aliphatic rings. The van der Waals surface area contributed by atoms with E-state index in [1.807, 2.05) is 6.07 Å². The van der Waals surface area contributed by atoms with Crippen LogP contribution in [0.3, 0.4) is 0 Å². The third-order valence-corrected chi connectivity index (χ3v) is 4.04. The largest absolute Gasteiger partial charge is 0.467 e. The maximum atomic E-state index is 11.8. The average molecular weight is 372 g/mol. The molecule has 0 aromatic carbocycles. The third-order valence-electron chi connectivity index (χ3n) is 3.10. The van der Waals surface area contributed by atoms with E-state index in [9.17, 15) is 4.79 Å². The number of hydrogen-bond acceptors (Lipinski definition) is 9. The second-order valence-electron chi connectivity index (χ2n) is 4.98. The highest BCUT2D eigenvalue weighted by Gasteiger charge is 2.12. The van der Waals surface area contributed by atoms with Gasteiger partial charge in [-0.2, -0.15) is 5.10 Å². The number of furan rings is 1. The number of carbonyl (C=O) groups is 1. The van der Waals surface area contributed by atoms with Crippen molar-refractivity contribution < 1.29 is 9.21 Å². The Morgan fingerprint density at radius 2 is 2.31 bits per heavy atom. The maximum Gasteiger partial charge on any atom is 0.264 e. The normalized spacial score (nSPS) is 10.9. The Hall–Kier alpha value is -3.34. The van der Waals surface area contributed by atoms with Crippen LogP contribution in [0.2, 0.25) is 0 Å². The smallest absolute Gasteiger partial charge is 0.264 e. The van der Waals surface area contributed by atoms with E-state index in [0.29, 0.717) is 17.5 Å². The molecule has 0 fully saturated rings. The summed E-state index contributed by atoms with van der Waals surface area (Å²) in [5.74, 6) is 6.81. The first-order valence-corrected chi connectivity index (χ1v) is 8.52. The van der Waals surface area contributed by atoms with Gasteiger partial charge in [-0.3, -0.25) is 9.78 Å². The summed E-state index contributed by atoms with van der Waals surface area (Å²) in [6.07, 6.45) is 6.48. The molecule has 134 valence electrons. The van der Waals surface area contributed by atoms with E-state index in [1.54, 1.807) is 43.1 Å². The van der Waals surface area contributed by atoms with Crippen molar-refractivity contribution in [1.82, 2.24) is 25.2 Å². The van der Waals surface area contributed by atoms with Crippen molar-refractivity contribution in [3.05, 3.63) is 54.2 Å². The van der Waals surface area contributed by atoms with Gasteiger partial charge in [0, 0.05) is 18.0 Å². The highest BCUT2D eigenvalue weighted by atomic mass is 32.2. The molecule has 3 aromatic heterocycles. The van der Waals surface area contributed by atoms with Crippen molar-refractivity contribution in [2.75, 3.05) is 17.0 Å². The fourth-order valence-corrected chi connectivity index (χ4v) is 2.53. The SMILES string of the molecule is Nn1c(N/N=C/c2cccnc2)nnc1SCC(=O)NCc1ccco1. The number of amides is 1. The molecular formula is C15H16N8O2S. The number of aromatic nitrogens is 4. The van der Waals surface area contributed by atoms with E-state index in [4.69, 9.17) is 10.3 Å². The minimum absolute atomic E-state index is 0.148. The summed E-state index contributed by atoms with van der Waals surface area (Å²) in [5, 5.41) is 15.0. The Labute approximate surface area is 152 Å². The van der Waals surface area contributed by atoms with Gasteiger partial charge in [-0.1, -0.05) is 17.8 Å². The molecule has 3 heterocycles. The molecule has 0 unspecified atom stereocenters. The van der Waals surface area contributed by atoms with E-state index in [1.165, 1.54) is 4.68 Å². The monoisotopic (exact) mass is 372 g/mol. The number of nitrogen functional groups attached to an aromatic ring is 1. The zero-order chi connectivity index (χ0) is 18.2. The van der Waals surface area contributed by atoms with Crippen LogP contribution in [0, 0.1) is 0 Å². The lowest BCUT2D eigenvalue weighted by Crippen LogP contribution is -2.24. The van der Waals surface area contributed by atoms with Crippen LogP contribution in [-0.4, -0.2) is 37.7 Å². The van der Waals surface area contributed by atoms with Crippen LogP contribution >= 0.6 is 11.8 Å². The molecule has 0 atom stereocenters. The second-order valence-corrected chi connectivity index (χ2v) is 5.92. The Bertz CT molecular complexity index is 863. The summed E-state index contributed by atoms with van der Waals surface area (Å²) in [5.41, 5.74) is 3.52. The summed E-state index contributed by atoms with van der Waals surface area (Å²) in [7, 11) is 0. The molecule has 0 aliphatic heterocycles. The zero-order valence-corrected chi connectivity index (χ0v) is 14.4. The minimum atomic E-state index is -0.168. The van der Waals surface area contributed by atoms with Crippen molar-refractivity contribution >= 4 is 29.8 Å². The highest BCUT2D eigenvalue weighted by molar-refractivity contribution is 7.99. The Kier molecular flexibility index (Phi) is 5.83. The molecule has 0 saturated carbocycles. The molecule has 0 spiro atoms. The van der Waals surface area contributed by atoms with Gasteiger partial charge in [-0.25, -0.2) is 10.1 Å². The summed E-state index contributed by atoms with van der Waals surface area (Å²) < 4.78 is 6.37. The second kappa shape index (κ2) is 8.67. The quantitative estimate of drug-likeness (QED) is 0.229. The molecule has 1 amide bonds. The molecule has 26 heavy (non-hydrogen) atoms. The predicted octanol–water partition coefficient (Wildman–Crippen LogP) is 0.834. The van der Waals surface area contributed by atoms with Gasteiger partial charge >= 0.3 is 0 Å². The van der Waals surface area contributed by atoms with Gasteiger partial charge in [0.25, 0.3) is 5.95 Å². The van der Waals surface area contributed by atoms with Gasteiger partial charge in [0.2, 0.25) is 11.1 Å². The van der Waals surface area contributed by atoms with Gasteiger partial charge in [0.15, 0.2) is 0 Å². The van der Waals surface area contributed by atoms with E-state index >= 15 is 0 Å². The number of rotatable bonds is 8. The molecule has 3 rings (SSSR count). The number of nitrogens with two attached hydrogens (primary N) is 1. The number of pyridine rings is 1. The molecular weight excluding hydrogens is 356 g/mol. The molecule has 10 nitrogen and oxygen atoms in total. The molecule has 4 N–H and O–H groups in total. The first kappa shape index (κ1) is 17.5. The average Bonchev–Trinajstić information content (AvgIpc) is 3.30. The van der Waals surface area contributed by atoms with Crippen molar-refractivity contribution in [3.63, 3.8) is 0 Å². The van der Waals surface area contributed by atoms with Gasteiger partial charge < -0.3 is 15.6 Å². The standard InChI is InChI=1S/C15H16N8O2S/c16-23-14(20-19-8-11-3-1-5-17-7-11)21-22-15(23)26-10-13(24)18-9-12-4-2-6-25-12/h1-8H,9-10,16H2,(H,18,24)(H,20,21)/b19-8+. The predicted molar refractivity (Wildman–Crippen MR) is 96.9 cm³/mol. The number of anilines is 1. The molecule has 0 radical (unpaired) electrons. The van der Waals surface area contributed by atoms with E-state index in [2.05, 4.69) is 31.0 Å². The molecule has 11 heteroatoms. The molecule has 0 aliphatic carbocycles. The number of hydrazone groups is 1. The summed E-state index contributed by atoms with van der Waals surface area (Å²) in [6.45, 7) is 0.331. The van der Waals surface area contributed by atoms with Crippen molar-refractivity contribution in [1.29, 1.82) is 0 Å². The first-order chi connectivity index (χ1) is 12.7. The molecule has 0 saturated heterocycles. The summed E-state index contributed by atoms with van der Waals surface area (Å²) >= 11 is 1.16. The van der Waals surface area contributed by atoms with Gasteiger partial charge in [0.1, 0.15) is 5.76 Å². The third kappa shape index (κ3) is 4.83. The number of thioether (sulfide) groups is 1. The molecule has 3 aromatic rings. The maximum absolute atomic E-state index is 11.8. The highest BCUT2D eigenvalue weighted by Crippen LogP contribution is 2.16. The number of carbonyl (C=O) groups excluding carboxylic acids is 1. The zero-order valence-electron chi connectivity index (χ0n) is 13.6. The van der Waals surface area contributed by atoms with Gasteiger partial charge in [0.05, 0.1) is 24.8 Å². The Morgan fingerprint density at radius 1 is 1.38 bits per heavy atom. The fourth-order valence-electron chi connectivity index (χ4n) is 1.85. The number of nitrogens with zero attached hydrogens (tertiary/aromatic N) is 5. The minimum Gasteiger partial charge on any atom is -0.467 e. The van der Waals surface area contributed by atoms with Crippen LogP contribution in [-0.2, 0) is 11.3 Å². The fraction of sp³-hybridized carbons (Fsp3) is 0.133. The van der Waals surface area contributed by atoms with Crippen LogP contribution in [0.5, 0.6) is 0 Å². The number of hydrogen-bond donors (Lipinski definition) is 3. The van der Waals surface area contributed by atoms with E-state index < -0.39 is 0 Å². The molecule has 0 bridgehead atoms. The lowest BCUT2D eigenvalue weighted by molar-refractivity contribution is -0.118. The van der Waals surface area contributed by atoms with Gasteiger partial charge in [-0.05, 0) is 18.2 Å². The van der Waals surface area contributed by atoms with E-state index in [-0.39, 0.29) is 17.6 Å². The summed E-state index contributed by atoms with van der Waals surface area (Å²) in [6, 6.07) is 7.21. The van der Waals surface area contributed by atoms with Crippen LogP contribution in [0.25, 0.3) is 0 Å².